The van der Waals surface area contributed by atoms with Gasteiger partial charge in [-0.3, -0.25) is 0 Å². The molecule has 0 radical (unpaired) electrons. The first-order valence-corrected chi connectivity index (χ1v) is 5.61. The Labute approximate surface area is 108 Å². The van der Waals surface area contributed by atoms with Crippen LogP contribution in [0.5, 0.6) is 0 Å². The Hall–Kier alpha value is -2.11. The van der Waals surface area contributed by atoms with E-state index in [4.69, 9.17) is 0 Å². The lowest BCUT2D eigenvalue weighted by atomic mass is 10.2. The first-order valence-electron chi connectivity index (χ1n) is 5.61. The third-order valence-corrected chi connectivity index (χ3v) is 2.51. The SMILES string of the molecule is Cc1cccc(Nc2ncc(C)c(C(F)(F)F)n2)c1. The van der Waals surface area contributed by atoms with Gasteiger partial charge in [0.05, 0.1) is 0 Å². The number of hydrogen-bond donors (Lipinski definition) is 1. The normalized spacial score (nSPS) is 11.4. The summed E-state index contributed by atoms with van der Waals surface area (Å²) in [7, 11) is 0. The largest absolute Gasteiger partial charge is 0.433 e. The standard InChI is InChI=1S/C13H12F3N3/c1-8-4-3-5-10(6-8)18-12-17-7-9(2)11(19-12)13(14,15)16/h3-7H,1-2H3,(H,17,18,19). The first-order chi connectivity index (χ1) is 8.86. The van der Waals surface area contributed by atoms with Gasteiger partial charge in [0.25, 0.3) is 0 Å². The Morgan fingerprint density at radius 1 is 1.16 bits per heavy atom. The number of alkyl halides is 3. The van der Waals surface area contributed by atoms with Crippen molar-refractivity contribution in [3.05, 3.63) is 47.3 Å². The molecule has 2 aromatic rings. The van der Waals surface area contributed by atoms with Gasteiger partial charge in [-0.15, -0.1) is 0 Å². The maximum Gasteiger partial charge on any atom is 0.433 e. The molecule has 0 fully saturated rings. The molecule has 6 heteroatoms. The molecule has 1 N–H and O–H groups in total. The smallest absolute Gasteiger partial charge is 0.324 e. The Kier molecular flexibility index (Phi) is 3.42. The monoisotopic (exact) mass is 267 g/mol. The predicted molar refractivity (Wildman–Crippen MR) is 66.2 cm³/mol. The van der Waals surface area contributed by atoms with Crippen LogP contribution in [0.3, 0.4) is 0 Å². The van der Waals surface area contributed by atoms with E-state index in [0.717, 1.165) is 11.8 Å². The van der Waals surface area contributed by atoms with E-state index in [1.165, 1.54) is 6.92 Å². The summed E-state index contributed by atoms with van der Waals surface area (Å²) in [5.74, 6) is -0.0662. The Morgan fingerprint density at radius 2 is 1.89 bits per heavy atom. The van der Waals surface area contributed by atoms with Crippen LogP contribution in [0.1, 0.15) is 16.8 Å². The zero-order valence-electron chi connectivity index (χ0n) is 10.4. The van der Waals surface area contributed by atoms with E-state index >= 15 is 0 Å². The Balaban J connectivity index is 2.32. The van der Waals surface area contributed by atoms with Crippen LogP contribution >= 0.6 is 0 Å². The van der Waals surface area contributed by atoms with Crippen molar-refractivity contribution in [3.8, 4) is 0 Å². The maximum absolute atomic E-state index is 12.7. The van der Waals surface area contributed by atoms with Gasteiger partial charge in [-0.05, 0) is 37.1 Å². The molecule has 0 amide bonds. The molecule has 0 saturated carbocycles. The molecule has 0 aliphatic rings. The second-order valence-electron chi connectivity index (χ2n) is 4.22. The van der Waals surface area contributed by atoms with Crippen molar-refractivity contribution in [2.75, 3.05) is 5.32 Å². The van der Waals surface area contributed by atoms with Gasteiger partial charge in [-0.2, -0.15) is 13.2 Å². The third kappa shape index (κ3) is 3.21. The summed E-state index contributed by atoms with van der Waals surface area (Å²) in [5.41, 5.74) is 0.727. The summed E-state index contributed by atoms with van der Waals surface area (Å²) in [4.78, 5) is 7.38. The number of nitrogens with zero attached hydrogens (tertiary/aromatic N) is 2. The van der Waals surface area contributed by atoms with Crippen molar-refractivity contribution in [1.82, 2.24) is 9.97 Å². The lowest BCUT2D eigenvalue weighted by Gasteiger charge is -2.11. The number of rotatable bonds is 2. The van der Waals surface area contributed by atoms with Crippen LogP contribution in [-0.4, -0.2) is 9.97 Å². The fraction of sp³-hybridized carbons (Fsp3) is 0.231. The van der Waals surface area contributed by atoms with E-state index in [2.05, 4.69) is 15.3 Å². The summed E-state index contributed by atoms with van der Waals surface area (Å²) in [6, 6.07) is 7.23. The number of anilines is 2. The average molecular weight is 267 g/mol. The van der Waals surface area contributed by atoms with Crippen LogP contribution in [0, 0.1) is 13.8 Å². The number of aryl methyl sites for hydroxylation is 2. The highest BCUT2D eigenvalue weighted by Crippen LogP contribution is 2.30. The van der Waals surface area contributed by atoms with Gasteiger partial charge in [-0.1, -0.05) is 12.1 Å². The zero-order valence-corrected chi connectivity index (χ0v) is 10.4. The minimum absolute atomic E-state index is 0.00212. The second-order valence-corrected chi connectivity index (χ2v) is 4.22. The molecule has 0 unspecified atom stereocenters. The fourth-order valence-electron chi connectivity index (χ4n) is 1.64. The summed E-state index contributed by atoms with van der Waals surface area (Å²) in [6.45, 7) is 3.22. The van der Waals surface area contributed by atoms with Gasteiger partial charge < -0.3 is 5.32 Å². The highest BCUT2D eigenvalue weighted by Gasteiger charge is 2.34. The second kappa shape index (κ2) is 4.87. The summed E-state index contributed by atoms with van der Waals surface area (Å²) in [5, 5.41) is 2.76. The maximum atomic E-state index is 12.7. The van der Waals surface area contributed by atoms with Crippen molar-refractivity contribution < 1.29 is 13.2 Å². The Bertz CT molecular complexity index is 594. The van der Waals surface area contributed by atoms with Gasteiger partial charge in [0, 0.05) is 11.9 Å². The summed E-state index contributed by atoms with van der Waals surface area (Å²) in [6.07, 6.45) is -3.32. The molecule has 0 aliphatic heterocycles. The van der Waals surface area contributed by atoms with Crippen LogP contribution in [0.4, 0.5) is 24.8 Å². The molecular formula is C13H12F3N3. The molecule has 1 aromatic carbocycles. The van der Waals surface area contributed by atoms with Crippen LogP contribution in [0.25, 0.3) is 0 Å². The first kappa shape index (κ1) is 13.3. The van der Waals surface area contributed by atoms with Crippen molar-refractivity contribution in [2.24, 2.45) is 0 Å². The summed E-state index contributed by atoms with van der Waals surface area (Å²) >= 11 is 0. The van der Waals surface area contributed by atoms with Crippen molar-refractivity contribution in [1.29, 1.82) is 0 Å². The van der Waals surface area contributed by atoms with Crippen molar-refractivity contribution in [2.45, 2.75) is 20.0 Å². The molecule has 0 aliphatic carbocycles. The molecule has 19 heavy (non-hydrogen) atoms. The molecule has 2 rings (SSSR count). The van der Waals surface area contributed by atoms with E-state index in [1.807, 2.05) is 13.0 Å². The minimum atomic E-state index is -4.48. The molecule has 0 atom stereocenters. The minimum Gasteiger partial charge on any atom is -0.324 e. The molecule has 1 heterocycles. The number of halogens is 3. The van der Waals surface area contributed by atoms with Gasteiger partial charge >= 0.3 is 6.18 Å². The number of hydrogen-bond acceptors (Lipinski definition) is 3. The summed E-state index contributed by atoms with van der Waals surface area (Å²) < 4.78 is 38.1. The van der Waals surface area contributed by atoms with Gasteiger partial charge in [-0.25, -0.2) is 9.97 Å². The molecule has 0 spiro atoms. The van der Waals surface area contributed by atoms with Gasteiger partial charge in [0.2, 0.25) is 5.95 Å². The molecule has 100 valence electrons. The molecule has 0 saturated heterocycles. The lowest BCUT2D eigenvalue weighted by Crippen LogP contribution is -2.12. The van der Waals surface area contributed by atoms with E-state index in [0.29, 0.717) is 5.69 Å². The highest BCUT2D eigenvalue weighted by atomic mass is 19.4. The van der Waals surface area contributed by atoms with Crippen molar-refractivity contribution in [3.63, 3.8) is 0 Å². The predicted octanol–water partition coefficient (Wildman–Crippen LogP) is 3.86. The number of nitrogens with one attached hydrogen (secondary N) is 1. The van der Waals surface area contributed by atoms with Gasteiger partial charge in [0.1, 0.15) is 0 Å². The molecule has 1 aromatic heterocycles. The van der Waals surface area contributed by atoms with Crippen LogP contribution in [-0.2, 0) is 6.18 Å². The van der Waals surface area contributed by atoms with E-state index < -0.39 is 11.9 Å². The molecular weight excluding hydrogens is 255 g/mol. The van der Waals surface area contributed by atoms with Crippen LogP contribution < -0.4 is 5.32 Å². The Morgan fingerprint density at radius 3 is 2.53 bits per heavy atom. The van der Waals surface area contributed by atoms with Crippen LogP contribution in [0.15, 0.2) is 30.5 Å². The van der Waals surface area contributed by atoms with Crippen LogP contribution in [0.2, 0.25) is 0 Å². The molecule has 0 bridgehead atoms. The van der Waals surface area contributed by atoms with Crippen molar-refractivity contribution >= 4 is 11.6 Å². The van der Waals surface area contributed by atoms with E-state index in [9.17, 15) is 13.2 Å². The van der Waals surface area contributed by atoms with E-state index in [-0.39, 0.29) is 11.5 Å². The number of benzene rings is 1. The quantitative estimate of drug-likeness (QED) is 0.897. The van der Waals surface area contributed by atoms with Gasteiger partial charge in [0.15, 0.2) is 5.69 Å². The average Bonchev–Trinajstić information content (AvgIpc) is 2.30. The zero-order chi connectivity index (χ0) is 14.0. The topological polar surface area (TPSA) is 37.8 Å². The van der Waals surface area contributed by atoms with E-state index in [1.54, 1.807) is 18.2 Å². The molecule has 3 nitrogen and oxygen atoms in total. The number of aromatic nitrogens is 2. The fourth-order valence-corrected chi connectivity index (χ4v) is 1.64. The lowest BCUT2D eigenvalue weighted by molar-refractivity contribution is -0.141. The third-order valence-electron chi connectivity index (χ3n) is 2.51. The highest BCUT2D eigenvalue weighted by molar-refractivity contribution is 5.54.